The van der Waals surface area contributed by atoms with Crippen molar-refractivity contribution in [3.05, 3.63) is 42.1 Å². The highest BCUT2D eigenvalue weighted by atomic mass is 16.5. The number of ether oxygens (including phenoxy) is 1. The number of esters is 1. The number of carbonyl (C=O) groups excluding carboxylic acids is 3. The number of H-pyrrole nitrogens is 1. The van der Waals surface area contributed by atoms with Gasteiger partial charge in [-0.2, -0.15) is 5.10 Å². The van der Waals surface area contributed by atoms with E-state index in [9.17, 15) is 14.4 Å². The summed E-state index contributed by atoms with van der Waals surface area (Å²) < 4.78 is 5.00. The van der Waals surface area contributed by atoms with Crippen LogP contribution in [0.3, 0.4) is 0 Å². The molecule has 8 nitrogen and oxygen atoms in total. The minimum atomic E-state index is -0.677. The number of amides is 2. The second-order valence-electron chi connectivity index (χ2n) is 6.20. The predicted octanol–water partition coefficient (Wildman–Crippen LogP) is 0.970. The van der Waals surface area contributed by atoms with Crippen LogP contribution in [0.15, 0.2) is 36.4 Å². The van der Waals surface area contributed by atoms with Crippen LogP contribution in [0.4, 0.5) is 0 Å². The van der Waals surface area contributed by atoms with E-state index in [1.165, 1.54) is 11.9 Å². The lowest BCUT2D eigenvalue weighted by molar-refractivity contribution is -0.137. The van der Waals surface area contributed by atoms with Crippen LogP contribution in [0.2, 0.25) is 0 Å². The molecule has 0 bridgehead atoms. The third kappa shape index (κ3) is 4.69. The van der Waals surface area contributed by atoms with Gasteiger partial charge in [-0.25, -0.2) is 4.79 Å². The Balaban J connectivity index is 1.48. The lowest BCUT2D eigenvalue weighted by atomic mass is 10.1. The summed E-state index contributed by atoms with van der Waals surface area (Å²) in [6.45, 7) is -0.499. The quantitative estimate of drug-likeness (QED) is 0.720. The summed E-state index contributed by atoms with van der Waals surface area (Å²) in [4.78, 5) is 36.9. The van der Waals surface area contributed by atoms with Crippen LogP contribution >= 0.6 is 0 Å². The average molecular weight is 356 g/mol. The lowest BCUT2D eigenvalue weighted by Crippen LogP contribution is -2.40. The van der Waals surface area contributed by atoms with Gasteiger partial charge in [0.05, 0.1) is 12.2 Å². The van der Waals surface area contributed by atoms with E-state index >= 15 is 0 Å². The standard InChI is InChI=1S/C18H20N4O4/c1-22(10-16(23)19-13-7-8-13)17(24)11-26-18(25)15-9-14(20-21-15)12-5-3-2-4-6-12/h2-6,9,13H,7-8,10-11H2,1H3,(H,19,23)(H,20,21). The van der Waals surface area contributed by atoms with Crippen LogP contribution in [-0.2, 0) is 14.3 Å². The van der Waals surface area contributed by atoms with Crippen molar-refractivity contribution in [2.75, 3.05) is 20.2 Å². The van der Waals surface area contributed by atoms with E-state index in [1.807, 2.05) is 30.3 Å². The Morgan fingerprint density at radius 1 is 1.27 bits per heavy atom. The summed E-state index contributed by atoms with van der Waals surface area (Å²) >= 11 is 0. The molecule has 0 saturated heterocycles. The number of nitrogens with one attached hydrogen (secondary N) is 2. The highest BCUT2D eigenvalue weighted by molar-refractivity contribution is 5.91. The third-order valence-corrected chi connectivity index (χ3v) is 3.94. The molecule has 0 aliphatic heterocycles. The van der Waals surface area contributed by atoms with Gasteiger partial charge in [0.1, 0.15) is 5.69 Å². The van der Waals surface area contributed by atoms with Gasteiger partial charge in [-0.3, -0.25) is 14.7 Å². The second kappa shape index (κ2) is 7.81. The van der Waals surface area contributed by atoms with Crippen molar-refractivity contribution >= 4 is 17.8 Å². The van der Waals surface area contributed by atoms with Crippen LogP contribution in [0.25, 0.3) is 11.3 Å². The molecule has 3 rings (SSSR count). The van der Waals surface area contributed by atoms with Crippen molar-refractivity contribution in [3.8, 4) is 11.3 Å². The van der Waals surface area contributed by atoms with Crippen molar-refractivity contribution in [2.24, 2.45) is 0 Å². The molecule has 1 aromatic heterocycles. The molecule has 2 amide bonds. The Morgan fingerprint density at radius 2 is 2.00 bits per heavy atom. The molecule has 136 valence electrons. The molecule has 1 fully saturated rings. The van der Waals surface area contributed by atoms with E-state index in [-0.39, 0.29) is 24.2 Å². The third-order valence-electron chi connectivity index (χ3n) is 3.94. The number of aromatic amines is 1. The summed E-state index contributed by atoms with van der Waals surface area (Å²) in [7, 11) is 1.49. The Labute approximate surface area is 150 Å². The van der Waals surface area contributed by atoms with E-state index in [1.54, 1.807) is 6.07 Å². The van der Waals surface area contributed by atoms with Gasteiger partial charge < -0.3 is 15.0 Å². The highest BCUT2D eigenvalue weighted by Crippen LogP contribution is 2.18. The molecule has 1 aliphatic rings. The van der Waals surface area contributed by atoms with Gasteiger partial charge in [-0.15, -0.1) is 0 Å². The molecular formula is C18H20N4O4. The number of hydrogen-bond donors (Lipinski definition) is 2. The molecule has 1 aliphatic carbocycles. The molecule has 2 aromatic rings. The zero-order chi connectivity index (χ0) is 18.5. The smallest absolute Gasteiger partial charge is 0.356 e. The van der Waals surface area contributed by atoms with Crippen molar-refractivity contribution in [1.82, 2.24) is 20.4 Å². The monoisotopic (exact) mass is 356 g/mol. The van der Waals surface area contributed by atoms with Crippen LogP contribution in [0, 0.1) is 0 Å². The first kappa shape index (κ1) is 17.7. The van der Waals surface area contributed by atoms with Crippen LogP contribution in [0.5, 0.6) is 0 Å². The molecule has 26 heavy (non-hydrogen) atoms. The number of carbonyl (C=O) groups is 3. The number of aromatic nitrogens is 2. The molecule has 1 heterocycles. The van der Waals surface area contributed by atoms with E-state index in [0.717, 1.165) is 18.4 Å². The minimum Gasteiger partial charge on any atom is -0.451 e. The van der Waals surface area contributed by atoms with Gasteiger partial charge >= 0.3 is 5.97 Å². The first-order valence-electron chi connectivity index (χ1n) is 8.34. The zero-order valence-corrected chi connectivity index (χ0v) is 14.4. The van der Waals surface area contributed by atoms with Gasteiger partial charge in [-0.05, 0) is 18.9 Å². The number of likely N-dealkylation sites (N-methyl/N-ethyl adjacent to an activating group) is 1. The Morgan fingerprint density at radius 3 is 2.69 bits per heavy atom. The second-order valence-corrected chi connectivity index (χ2v) is 6.20. The summed E-state index contributed by atoms with van der Waals surface area (Å²) in [6, 6.07) is 11.2. The van der Waals surface area contributed by atoms with Crippen LogP contribution in [-0.4, -0.2) is 59.1 Å². The van der Waals surface area contributed by atoms with Crippen molar-refractivity contribution < 1.29 is 19.1 Å². The summed E-state index contributed by atoms with van der Waals surface area (Å²) in [6.07, 6.45) is 1.96. The van der Waals surface area contributed by atoms with E-state index in [4.69, 9.17) is 4.74 Å². The van der Waals surface area contributed by atoms with Crippen molar-refractivity contribution in [2.45, 2.75) is 18.9 Å². The minimum absolute atomic E-state index is 0.0604. The van der Waals surface area contributed by atoms with E-state index in [0.29, 0.717) is 5.69 Å². The highest BCUT2D eigenvalue weighted by Gasteiger charge is 2.24. The normalized spacial score (nSPS) is 13.1. The van der Waals surface area contributed by atoms with Gasteiger partial charge in [0.25, 0.3) is 5.91 Å². The Hall–Kier alpha value is -3.16. The maximum Gasteiger partial charge on any atom is 0.356 e. The molecule has 0 spiro atoms. The lowest BCUT2D eigenvalue weighted by Gasteiger charge is -2.16. The molecule has 0 unspecified atom stereocenters. The van der Waals surface area contributed by atoms with Gasteiger partial charge in [0.15, 0.2) is 6.61 Å². The SMILES string of the molecule is CN(CC(=O)NC1CC1)C(=O)COC(=O)c1cc(-c2ccccc2)n[nH]1. The van der Waals surface area contributed by atoms with Crippen LogP contribution in [0.1, 0.15) is 23.3 Å². The van der Waals surface area contributed by atoms with E-state index < -0.39 is 18.5 Å². The predicted molar refractivity (Wildman–Crippen MR) is 93.1 cm³/mol. The summed E-state index contributed by atoms with van der Waals surface area (Å²) in [5, 5.41) is 9.47. The van der Waals surface area contributed by atoms with Crippen molar-refractivity contribution in [3.63, 3.8) is 0 Å². The molecule has 8 heteroatoms. The molecule has 0 atom stereocenters. The largest absolute Gasteiger partial charge is 0.451 e. The molecule has 2 N–H and O–H groups in total. The maximum absolute atomic E-state index is 12.0. The Kier molecular flexibility index (Phi) is 5.31. The topological polar surface area (TPSA) is 104 Å². The first-order chi connectivity index (χ1) is 12.5. The summed E-state index contributed by atoms with van der Waals surface area (Å²) in [5.41, 5.74) is 1.63. The van der Waals surface area contributed by atoms with Gasteiger partial charge in [0.2, 0.25) is 5.91 Å². The van der Waals surface area contributed by atoms with Gasteiger partial charge in [0, 0.05) is 18.7 Å². The van der Waals surface area contributed by atoms with E-state index in [2.05, 4.69) is 15.5 Å². The fourth-order valence-electron chi connectivity index (χ4n) is 2.30. The molecule has 1 saturated carbocycles. The number of rotatable bonds is 7. The maximum atomic E-state index is 12.0. The first-order valence-corrected chi connectivity index (χ1v) is 8.34. The molecule has 1 aromatic carbocycles. The number of hydrogen-bond acceptors (Lipinski definition) is 5. The summed E-state index contributed by atoms with van der Waals surface area (Å²) in [5.74, 6) is -1.34. The number of nitrogens with zero attached hydrogens (tertiary/aromatic N) is 2. The van der Waals surface area contributed by atoms with Crippen molar-refractivity contribution in [1.29, 1.82) is 0 Å². The molecular weight excluding hydrogens is 336 g/mol. The molecule has 0 radical (unpaired) electrons. The van der Waals surface area contributed by atoms with Crippen LogP contribution < -0.4 is 5.32 Å². The number of benzene rings is 1. The fourth-order valence-corrected chi connectivity index (χ4v) is 2.30. The van der Waals surface area contributed by atoms with Gasteiger partial charge in [-0.1, -0.05) is 30.3 Å². The fraction of sp³-hybridized carbons (Fsp3) is 0.333. The Bertz CT molecular complexity index is 799. The zero-order valence-electron chi connectivity index (χ0n) is 14.4. The average Bonchev–Trinajstić information content (AvgIpc) is 3.31.